The van der Waals surface area contributed by atoms with Crippen molar-refractivity contribution in [2.45, 2.75) is 39.2 Å². The lowest BCUT2D eigenvalue weighted by atomic mass is 9.91. The molecule has 0 aromatic carbocycles. The summed E-state index contributed by atoms with van der Waals surface area (Å²) in [6, 6.07) is 0.478. The Bertz CT molecular complexity index is 472. The van der Waals surface area contributed by atoms with Gasteiger partial charge in [-0.1, -0.05) is 13.8 Å². The average Bonchev–Trinajstić information content (AvgIpc) is 2.83. The molecule has 0 saturated carbocycles. The molecule has 0 radical (unpaired) electrons. The van der Waals surface area contributed by atoms with Gasteiger partial charge in [0.15, 0.2) is 5.69 Å². The Kier molecular flexibility index (Phi) is 4.32. The number of methoxy groups -OCH3 is 1. The molecule has 0 unspecified atom stereocenters. The molecule has 0 atom stereocenters. The molecule has 2 rings (SSSR count). The summed E-state index contributed by atoms with van der Waals surface area (Å²) in [5.41, 5.74) is 0.168. The molecule has 0 spiro atoms. The van der Waals surface area contributed by atoms with E-state index in [9.17, 15) is 4.79 Å². The number of aryl methyl sites for hydroxylation is 1. The number of carbonyl (C=O) groups is 1. The lowest BCUT2D eigenvalue weighted by molar-refractivity contribution is -0.0379. The van der Waals surface area contributed by atoms with E-state index in [0.29, 0.717) is 24.8 Å². The van der Waals surface area contributed by atoms with E-state index in [1.54, 1.807) is 14.0 Å². The highest BCUT2D eigenvalue weighted by atomic mass is 16.5. The lowest BCUT2D eigenvalue weighted by Crippen LogP contribution is -2.62. The van der Waals surface area contributed by atoms with Crippen LogP contribution in [-0.4, -0.2) is 43.4 Å². The first kappa shape index (κ1) is 14.8. The van der Waals surface area contributed by atoms with E-state index in [1.165, 1.54) is 0 Å². The molecule has 1 aliphatic heterocycles. The first-order chi connectivity index (χ1) is 9.59. The van der Waals surface area contributed by atoms with Crippen molar-refractivity contribution < 1.29 is 18.7 Å². The van der Waals surface area contributed by atoms with Crippen molar-refractivity contribution in [2.24, 2.45) is 0 Å². The topological polar surface area (TPSA) is 64.8 Å². The van der Waals surface area contributed by atoms with E-state index in [1.807, 2.05) is 11.8 Å². The summed E-state index contributed by atoms with van der Waals surface area (Å²) in [5.74, 6) is 0.151. The summed E-state index contributed by atoms with van der Waals surface area (Å²) in [6.07, 6.45) is 1.55. The van der Waals surface area contributed by atoms with Gasteiger partial charge in [0.1, 0.15) is 11.4 Å². The van der Waals surface area contributed by atoms with Crippen LogP contribution in [-0.2, 0) is 15.9 Å². The second-order valence-corrected chi connectivity index (χ2v) is 4.94. The van der Waals surface area contributed by atoms with Gasteiger partial charge in [0, 0.05) is 13.5 Å². The molecule has 1 aliphatic rings. The molecule has 0 N–H and O–H groups in total. The number of hydrogen-bond donors (Lipinski definition) is 0. The summed E-state index contributed by atoms with van der Waals surface area (Å²) < 4.78 is 16.2. The zero-order valence-corrected chi connectivity index (χ0v) is 12.6. The van der Waals surface area contributed by atoms with Gasteiger partial charge in [-0.25, -0.2) is 4.79 Å². The number of esters is 1. The van der Waals surface area contributed by atoms with Crippen molar-refractivity contribution in [1.82, 2.24) is 4.98 Å². The third kappa shape index (κ3) is 2.52. The third-order valence-electron chi connectivity index (χ3n) is 3.78. The molecule has 1 aromatic rings. The van der Waals surface area contributed by atoms with Gasteiger partial charge in [0.05, 0.1) is 19.7 Å². The first-order valence-electron chi connectivity index (χ1n) is 7.06. The number of ether oxygens (including phenoxy) is 2. The number of aromatic nitrogens is 1. The number of rotatable bonds is 6. The van der Waals surface area contributed by atoms with Gasteiger partial charge in [-0.3, -0.25) is 0 Å². The Labute approximate surface area is 119 Å². The number of anilines is 1. The maximum atomic E-state index is 11.8. The van der Waals surface area contributed by atoms with Crippen LogP contribution in [0.5, 0.6) is 0 Å². The summed E-state index contributed by atoms with van der Waals surface area (Å²) in [5, 5.41) is 0. The number of nitrogens with zero attached hydrogens (tertiary/aromatic N) is 2. The van der Waals surface area contributed by atoms with Crippen molar-refractivity contribution >= 4 is 12.0 Å². The Hall–Kier alpha value is -1.56. The molecule has 2 heterocycles. The van der Waals surface area contributed by atoms with Gasteiger partial charge in [-0.15, -0.1) is 0 Å². The van der Waals surface area contributed by atoms with Gasteiger partial charge in [-0.2, -0.15) is 4.98 Å². The summed E-state index contributed by atoms with van der Waals surface area (Å²) in [6.45, 7) is 7.58. The molecule has 1 saturated heterocycles. The smallest absolute Gasteiger partial charge is 0.360 e. The van der Waals surface area contributed by atoms with E-state index >= 15 is 0 Å². The van der Waals surface area contributed by atoms with Crippen LogP contribution in [0.2, 0.25) is 0 Å². The van der Waals surface area contributed by atoms with Crippen LogP contribution >= 0.6 is 0 Å². The Morgan fingerprint density at radius 3 is 2.60 bits per heavy atom. The minimum Gasteiger partial charge on any atom is -0.461 e. The number of hydrogen-bond acceptors (Lipinski definition) is 6. The van der Waals surface area contributed by atoms with Crippen LogP contribution in [0.25, 0.3) is 0 Å². The SMILES string of the molecule is CCOC(=O)c1nc(N2CC(CC)(OC)C2)oc1CC. The fraction of sp³-hybridized carbons (Fsp3) is 0.714. The predicted molar refractivity (Wildman–Crippen MR) is 74.1 cm³/mol. The fourth-order valence-corrected chi connectivity index (χ4v) is 2.35. The van der Waals surface area contributed by atoms with Gasteiger partial charge in [-0.05, 0) is 13.3 Å². The molecule has 0 aliphatic carbocycles. The van der Waals surface area contributed by atoms with E-state index in [2.05, 4.69) is 11.9 Å². The van der Waals surface area contributed by atoms with E-state index < -0.39 is 5.97 Å². The van der Waals surface area contributed by atoms with Crippen LogP contribution in [0, 0.1) is 0 Å². The number of carbonyl (C=O) groups excluding carboxylic acids is 1. The van der Waals surface area contributed by atoms with Crippen molar-refractivity contribution in [3.63, 3.8) is 0 Å². The molecule has 0 bridgehead atoms. The predicted octanol–water partition coefficient (Wildman–Crippen LogP) is 2.03. The maximum absolute atomic E-state index is 11.8. The van der Waals surface area contributed by atoms with Crippen LogP contribution < -0.4 is 4.90 Å². The normalized spacial score (nSPS) is 16.9. The molecule has 6 heteroatoms. The van der Waals surface area contributed by atoms with Crippen LogP contribution in [0.4, 0.5) is 6.01 Å². The Balaban J connectivity index is 2.13. The highest BCUT2D eigenvalue weighted by Gasteiger charge is 2.44. The summed E-state index contributed by atoms with van der Waals surface area (Å²) >= 11 is 0. The Morgan fingerprint density at radius 2 is 2.10 bits per heavy atom. The van der Waals surface area contributed by atoms with E-state index in [-0.39, 0.29) is 11.3 Å². The molecule has 1 aromatic heterocycles. The van der Waals surface area contributed by atoms with Crippen LogP contribution in [0.1, 0.15) is 43.4 Å². The molecular weight excluding hydrogens is 260 g/mol. The van der Waals surface area contributed by atoms with Crippen molar-refractivity contribution in [2.75, 3.05) is 31.7 Å². The third-order valence-corrected chi connectivity index (χ3v) is 3.78. The molecular formula is C14H22N2O4. The maximum Gasteiger partial charge on any atom is 0.360 e. The van der Waals surface area contributed by atoms with Gasteiger partial charge >= 0.3 is 5.97 Å². The van der Waals surface area contributed by atoms with Gasteiger partial charge < -0.3 is 18.8 Å². The fourth-order valence-electron chi connectivity index (χ4n) is 2.35. The largest absolute Gasteiger partial charge is 0.461 e. The van der Waals surface area contributed by atoms with E-state index in [4.69, 9.17) is 13.9 Å². The number of oxazole rings is 1. The minimum absolute atomic E-state index is 0.120. The van der Waals surface area contributed by atoms with Crippen molar-refractivity contribution in [3.8, 4) is 0 Å². The Morgan fingerprint density at radius 1 is 1.40 bits per heavy atom. The molecule has 6 nitrogen and oxygen atoms in total. The zero-order valence-electron chi connectivity index (χ0n) is 12.6. The second-order valence-electron chi connectivity index (χ2n) is 4.94. The molecule has 1 fully saturated rings. The molecule has 20 heavy (non-hydrogen) atoms. The minimum atomic E-state index is -0.423. The average molecular weight is 282 g/mol. The summed E-state index contributed by atoms with van der Waals surface area (Å²) in [4.78, 5) is 18.1. The second kappa shape index (κ2) is 5.83. The highest BCUT2D eigenvalue weighted by molar-refractivity contribution is 5.88. The van der Waals surface area contributed by atoms with Gasteiger partial charge in [0.25, 0.3) is 6.01 Å². The van der Waals surface area contributed by atoms with Crippen LogP contribution in [0.15, 0.2) is 4.42 Å². The zero-order chi connectivity index (χ0) is 14.8. The van der Waals surface area contributed by atoms with Gasteiger partial charge in [0.2, 0.25) is 0 Å². The van der Waals surface area contributed by atoms with Crippen molar-refractivity contribution in [3.05, 3.63) is 11.5 Å². The monoisotopic (exact) mass is 282 g/mol. The quantitative estimate of drug-likeness (QED) is 0.744. The van der Waals surface area contributed by atoms with Crippen molar-refractivity contribution in [1.29, 1.82) is 0 Å². The standard InChI is InChI=1S/C14H22N2O4/c1-5-10-11(12(17)19-7-3)15-13(20-10)16-8-14(6-2,9-16)18-4/h5-9H2,1-4H3. The first-order valence-corrected chi connectivity index (χ1v) is 7.06. The highest BCUT2D eigenvalue weighted by Crippen LogP contribution is 2.33. The molecule has 112 valence electrons. The van der Waals surface area contributed by atoms with E-state index in [0.717, 1.165) is 19.5 Å². The molecule has 0 amide bonds. The van der Waals surface area contributed by atoms with Crippen LogP contribution in [0.3, 0.4) is 0 Å². The lowest BCUT2D eigenvalue weighted by Gasteiger charge is -2.47. The summed E-state index contributed by atoms with van der Waals surface area (Å²) in [7, 11) is 1.72.